The predicted octanol–water partition coefficient (Wildman–Crippen LogP) is 0.837. The van der Waals surface area contributed by atoms with E-state index in [1.807, 2.05) is 47.3 Å². The monoisotopic (exact) mass is 364 g/mol. The van der Waals surface area contributed by atoms with Gasteiger partial charge in [-0.3, -0.25) is 18.6 Å². The summed E-state index contributed by atoms with van der Waals surface area (Å²) in [4.78, 5) is 26.2. The number of anilines is 1. The molecule has 2 heterocycles. The van der Waals surface area contributed by atoms with Gasteiger partial charge in [-0.1, -0.05) is 30.3 Å². The van der Waals surface area contributed by atoms with E-state index in [0.717, 1.165) is 15.7 Å². The van der Waals surface area contributed by atoms with E-state index in [4.69, 9.17) is 0 Å². The first-order valence-corrected chi connectivity index (χ1v) is 8.39. The highest BCUT2D eigenvalue weighted by Crippen LogP contribution is 2.16. The summed E-state index contributed by atoms with van der Waals surface area (Å²) in [5.74, 6) is 0.293. The maximum absolute atomic E-state index is 12.2. The molecule has 8 nitrogen and oxygen atoms in total. The maximum Gasteiger partial charge on any atom is 0.332 e. The molecule has 0 amide bonds. The molecule has 0 aliphatic rings. The summed E-state index contributed by atoms with van der Waals surface area (Å²) in [6.45, 7) is 1.06. The second-order valence-electron chi connectivity index (χ2n) is 6.40. The van der Waals surface area contributed by atoms with Crippen molar-refractivity contribution in [2.75, 3.05) is 11.9 Å². The van der Waals surface area contributed by atoms with Gasteiger partial charge in [0.2, 0.25) is 0 Å². The van der Waals surface area contributed by atoms with Crippen molar-refractivity contribution in [2.45, 2.75) is 13.1 Å². The minimum atomic E-state index is -0.595. The Kier molecular flexibility index (Phi) is 4.94. The topological polar surface area (TPSA) is 88.8 Å². The third-order valence-electron chi connectivity index (χ3n) is 4.40. The molecule has 2 aromatic heterocycles. The summed E-state index contributed by atoms with van der Waals surface area (Å²) in [7, 11) is 4.65. The van der Waals surface area contributed by atoms with Crippen LogP contribution in [0.15, 0.2) is 52.3 Å². The van der Waals surface area contributed by atoms with Crippen molar-refractivity contribution in [2.24, 2.45) is 14.1 Å². The van der Waals surface area contributed by atoms with Gasteiger partial charge in [0.25, 0.3) is 5.56 Å². The van der Waals surface area contributed by atoms with E-state index in [-0.39, 0.29) is 5.56 Å². The van der Waals surface area contributed by atoms with Gasteiger partial charge in [-0.15, -0.1) is 0 Å². The lowest BCUT2D eigenvalue weighted by Gasteiger charge is -2.22. The lowest BCUT2D eigenvalue weighted by atomic mass is 10.2. The first-order valence-electron chi connectivity index (χ1n) is 8.39. The van der Waals surface area contributed by atoms with E-state index in [1.54, 1.807) is 25.2 Å². The van der Waals surface area contributed by atoms with Crippen LogP contribution in [0.5, 0.6) is 0 Å². The van der Waals surface area contributed by atoms with Gasteiger partial charge in [-0.2, -0.15) is 10.4 Å². The van der Waals surface area contributed by atoms with E-state index in [0.29, 0.717) is 18.9 Å². The van der Waals surface area contributed by atoms with Crippen molar-refractivity contribution in [1.29, 1.82) is 5.26 Å². The number of hydrogen-bond acceptors (Lipinski definition) is 5. The fourth-order valence-electron chi connectivity index (χ4n) is 3.07. The second kappa shape index (κ2) is 7.33. The van der Waals surface area contributed by atoms with Crippen LogP contribution in [0, 0.1) is 11.3 Å². The highest BCUT2D eigenvalue weighted by atomic mass is 16.2. The fraction of sp³-hybridized carbons (Fsp3) is 0.263. The van der Waals surface area contributed by atoms with Crippen LogP contribution in [0.3, 0.4) is 0 Å². The van der Waals surface area contributed by atoms with E-state index in [9.17, 15) is 14.9 Å². The quantitative estimate of drug-likeness (QED) is 0.669. The Morgan fingerprint density at radius 1 is 1.11 bits per heavy atom. The molecule has 8 heteroatoms. The summed E-state index contributed by atoms with van der Waals surface area (Å²) in [5, 5.41) is 13.8. The number of nitriles is 1. The van der Waals surface area contributed by atoms with Crippen LogP contribution in [0.4, 0.5) is 5.82 Å². The predicted molar refractivity (Wildman–Crippen MR) is 102 cm³/mol. The van der Waals surface area contributed by atoms with E-state index in [1.165, 1.54) is 11.6 Å². The average Bonchev–Trinajstić information content (AvgIpc) is 3.10. The maximum atomic E-state index is 12.2. The van der Waals surface area contributed by atoms with E-state index >= 15 is 0 Å². The van der Waals surface area contributed by atoms with Crippen molar-refractivity contribution in [1.82, 2.24) is 18.9 Å². The van der Waals surface area contributed by atoms with Gasteiger partial charge < -0.3 is 4.90 Å². The third-order valence-corrected chi connectivity index (χ3v) is 4.40. The SMILES string of the molecule is CN(Cc1cnn(Cc2ccccc2)c1)c1c(C#N)c(=O)n(C)c(=O)n1C. The Morgan fingerprint density at radius 3 is 2.48 bits per heavy atom. The van der Waals surface area contributed by atoms with Gasteiger partial charge in [-0.25, -0.2) is 4.79 Å². The Morgan fingerprint density at radius 2 is 1.81 bits per heavy atom. The third kappa shape index (κ3) is 3.53. The van der Waals surface area contributed by atoms with E-state index < -0.39 is 11.2 Å². The van der Waals surface area contributed by atoms with Crippen LogP contribution < -0.4 is 16.1 Å². The van der Waals surface area contributed by atoms with Crippen LogP contribution >= 0.6 is 0 Å². The van der Waals surface area contributed by atoms with Gasteiger partial charge in [0.1, 0.15) is 11.9 Å². The van der Waals surface area contributed by atoms with Crippen LogP contribution in [0.2, 0.25) is 0 Å². The van der Waals surface area contributed by atoms with Gasteiger partial charge >= 0.3 is 5.69 Å². The molecule has 0 radical (unpaired) electrons. The minimum Gasteiger partial charge on any atom is -0.355 e. The van der Waals surface area contributed by atoms with Crippen LogP contribution in [-0.4, -0.2) is 26.0 Å². The van der Waals surface area contributed by atoms with Crippen molar-refractivity contribution in [3.8, 4) is 6.07 Å². The molecule has 0 bridgehead atoms. The molecular weight excluding hydrogens is 344 g/mol. The molecule has 138 valence electrons. The average molecular weight is 364 g/mol. The minimum absolute atomic E-state index is 0.0567. The fourth-order valence-corrected chi connectivity index (χ4v) is 3.07. The molecule has 0 unspecified atom stereocenters. The van der Waals surface area contributed by atoms with Crippen molar-refractivity contribution in [3.63, 3.8) is 0 Å². The molecule has 0 fully saturated rings. The Balaban J connectivity index is 1.87. The molecule has 0 spiro atoms. The molecule has 0 saturated carbocycles. The van der Waals surface area contributed by atoms with Gasteiger partial charge in [-0.05, 0) is 5.56 Å². The summed E-state index contributed by atoms with van der Waals surface area (Å²) < 4.78 is 4.08. The molecule has 0 aliphatic carbocycles. The van der Waals surface area contributed by atoms with E-state index in [2.05, 4.69) is 5.10 Å². The van der Waals surface area contributed by atoms with Crippen LogP contribution in [0.1, 0.15) is 16.7 Å². The summed E-state index contributed by atoms with van der Waals surface area (Å²) >= 11 is 0. The zero-order chi connectivity index (χ0) is 19.6. The Hall–Kier alpha value is -3.60. The Bertz CT molecular complexity index is 1120. The molecule has 0 aliphatic heterocycles. The van der Waals surface area contributed by atoms with Gasteiger partial charge in [0.15, 0.2) is 5.56 Å². The zero-order valence-corrected chi connectivity index (χ0v) is 15.5. The molecule has 0 atom stereocenters. The molecule has 0 saturated heterocycles. The summed E-state index contributed by atoms with van der Waals surface area (Å²) in [6.07, 6.45) is 3.65. The Labute approximate surface area is 156 Å². The highest BCUT2D eigenvalue weighted by Gasteiger charge is 2.19. The summed E-state index contributed by atoms with van der Waals surface area (Å²) in [6, 6.07) is 11.9. The molecule has 27 heavy (non-hydrogen) atoms. The van der Waals surface area contributed by atoms with Crippen LogP contribution in [-0.2, 0) is 27.2 Å². The van der Waals surface area contributed by atoms with Gasteiger partial charge in [0, 0.05) is 39.4 Å². The normalized spacial score (nSPS) is 10.6. The summed E-state index contributed by atoms with van der Waals surface area (Å²) in [5.41, 5.74) is 0.924. The number of nitrogens with zero attached hydrogens (tertiary/aromatic N) is 6. The second-order valence-corrected chi connectivity index (χ2v) is 6.40. The first-order chi connectivity index (χ1) is 12.9. The van der Waals surface area contributed by atoms with Crippen molar-refractivity contribution in [3.05, 3.63) is 80.3 Å². The molecule has 3 rings (SSSR count). The van der Waals surface area contributed by atoms with Gasteiger partial charge in [0.05, 0.1) is 12.7 Å². The lowest BCUT2D eigenvalue weighted by Crippen LogP contribution is -2.41. The molecule has 3 aromatic rings. The van der Waals surface area contributed by atoms with Crippen molar-refractivity contribution < 1.29 is 0 Å². The lowest BCUT2D eigenvalue weighted by molar-refractivity contribution is 0.666. The highest BCUT2D eigenvalue weighted by molar-refractivity contribution is 5.53. The standard InChI is InChI=1S/C19H20N6O2/c1-22(17-16(9-20)18(26)24(3)19(27)23(17)2)11-15-10-21-25(13-15)12-14-7-5-4-6-8-14/h4-8,10,13H,11-12H2,1-3H3. The van der Waals surface area contributed by atoms with Crippen LogP contribution in [0.25, 0.3) is 0 Å². The number of rotatable bonds is 5. The molecule has 0 N–H and O–H groups in total. The number of benzene rings is 1. The first kappa shape index (κ1) is 18.2. The van der Waals surface area contributed by atoms with Crippen molar-refractivity contribution >= 4 is 5.82 Å². The number of hydrogen-bond donors (Lipinski definition) is 0. The largest absolute Gasteiger partial charge is 0.355 e. The zero-order valence-electron chi connectivity index (χ0n) is 15.5. The number of aromatic nitrogens is 4. The molecule has 1 aromatic carbocycles. The smallest absolute Gasteiger partial charge is 0.332 e. The molecular formula is C19H20N6O2.